The number of hydrogen-bond acceptors (Lipinski definition) is 3. The van der Waals surface area contributed by atoms with Gasteiger partial charge in [-0.15, -0.1) is 0 Å². The summed E-state index contributed by atoms with van der Waals surface area (Å²) in [5.74, 6) is 0.478. The molecule has 0 aliphatic heterocycles. The Hall–Kier alpha value is -2.88. The van der Waals surface area contributed by atoms with Crippen LogP contribution in [0, 0.1) is 13.8 Å². The summed E-state index contributed by atoms with van der Waals surface area (Å²) < 4.78 is 1.94. The third-order valence-corrected chi connectivity index (χ3v) is 5.93. The van der Waals surface area contributed by atoms with Crippen LogP contribution in [0.1, 0.15) is 85.0 Å². The number of rotatable bonds is 6. The Kier molecular flexibility index (Phi) is 6.40. The lowest BCUT2D eigenvalue weighted by Gasteiger charge is -2.22. The maximum absolute atomic E-state index is 13.7. The van der Waals surface area contributed by atoms with Crippen LogP contribution < -0.4 is 0 Å². The zero-order valence-electron chi connectivity index (χ0n) is 19.7. The first-order chi connectivity index (χ1) is 14.5. The number of Topliss-reactive ketones (excluding diaryl/α,β-unsaturated/α-hetero) is 1. The van der Waals surface area contributed by atoms with Crippen LogP contribution in [-0.2, 0) is 11.8 Å². The first kappa shape index (κ1) is 22.8. The molecule has 2 aromatic carbocycles. The lowest BCUT2D eigenvalue weighted by molar-refractivity contribution is 0.0942. The summed E-state index contributed by atoms with van der Waals surface area (Å²) in [6.07, 6.45) is 4.12. The van der Waals surface area contributed by atoms with Crippen LogP contribution in [0.15, 0.2) is 48.8 Å². The number of carbonyl (C=O) groups is 1. The largest absolute Gasteiger partial charge is 0.507 e. The van der Waals surface area contributed by atoms with Crippen molar-refractivity contribution >= 4 is 5.78 Å². The molecule has 0 aliphatic rings. The van der Waals surface area contributed by atoms with E-state index in [1.807, 2.05) is 36.7 Å². The molecule has 0 amide bonds. The highest BCUT2D eigenvalue weighted by Crippen LogP contribution is 2.31. The Labute approximate surface area is 186 Å². The zero-order valence-corrected chi connectivity index (χ0v) is 19.7. The van der Waals surface area contributed by atoms with Gasteiger partial charge in [-0.1, -0.05) is 57.2 Å². The summed E-state index contributed by atoms with van der Waals surface area (Å²) >= 11 is 0. The Bertz CT molecular complexity index is 1050. The SMILES string of the molecule is Cc1cc(C[C@H](C(=O)c2nccn2C(C)C)c2ccc(C(C)(C)C)cc2)cc(C)c1O. The van der Waals surface area contributed by atoms with Gasteiger partial charge < -0.3 is 9.67 Å². The monoisotopic (exact) mass is 418 g/mol. The highest BCUT2D eigenvalue weighted by atomic mass is 16.3. The van der Waals surface area contributed by atoms with Gasteiger partial charge in [0.05, 0.1) is 5.92 Å². The van der Waals surface area contributed by atoms with E-state index in [2.05, 4.69) is 63.9 Å². The number of aryl methyl sites for hydroxylation is 2. The fraction of sp³-hybridized carbons (Fsp3) is 0.407. The van der Waals surface area contributed by atoms with E-state index in [9.17, 15) is 9.90 Å². The fourth-order valence-corrected chi connectivity index (χ4v) is 4.05. The average molecular weight is 419 g/mol. The van der Waals surface area contributed by atoms with Crippen LogP contribution in [0.5, 0.6) is 5.75 Å². The quantitative estimate of drug-likeness (QED) is 0.478. The molecule has 1 N–H and O–H groups in total. The van der Waals surface area contributed by atoms with Gasteiger partial charge in [0.15, 0.2) is 5.82 Å². The van der Waals surface area contributed by atoms with E-state index in [4.69, 9.17) is 0 Å². The number of benzene rings is 2. The van der Waals surface area contributed by atoms with Crippen LogP contribution in [0.4, 0.5) is 0 Å². The molecular formula is C27H34N2O2. The average Bonchev–Trinajstić information content (AvgIpc) is 3.19. The van der Waals surface area contributed by atoms with Gasteiger partial charge in [0.1, 0.15) is 5.75 Å². The van der Waals surface area contributed by atoms with Gasteiger partial charge in [0.25, 0.3) is 0 Å². The Morgan fingerprint density at radius 2 is 1.65 bits per heavy atom. The van der Waals surface area contributed by atoms with Crippen LogP contribution in [0.3, 0.4) is 0 Å². The van der Waals surface area contributed by atoms with Gasteiger partial charge in [0.2, 0.25) is 5.78 Å². The highest BCUT2D eigenvalue weighted by molar-refractivity contribution is 5.98. The minimum atomic E-state index is -0.350. The number of hydrogen-bond donors (Lipinski definition) is 1. The van der Waals surface area contributed by atoms with Crippen LogP contribution in [0.25, 0.3) is 0 Å². The highest BCUT2D eigenvalue weighted by Gasteiger charge is 2.27. The number of phenolic OH excluding ortho intramolecular Hbond substituents is 1. The summed E-state index contributed by atoms with van der Waals surface area (Å²) in [5.41, 5.74) is 4.97. The van der Waals surface area contributed by atoms with E-state index < -0.39 is 0 Å². The molecule has 0 saturated heterocycles. The summed E-state index contributed by atoms with van der Waals surface area (Å²) in [7, 11) is 0. The number of nitrogens with zero attached hydrogens (tertiary/aromatic N) is 2. The first-order valence-electron chi connectivity index (χ1n) is 11.0. The molecule has 0 unspecified atom stereocenters. The molecule has 1 atom stereocenters. The molecule has 3 aromatic rings. The second-order valence-electron chi connectivity index (χ2n) is 9.82. The van der Waals surface area contributed by atoms with Crippen molar-refractivity contribution in [2.75, 3.05) is 0 Å². The van der Waals surface area contributed by atoms with Gasteiger partial charge in [-0.05, 0) is 67.3 Å². The van der Waals surface area contributed by atoms with E-state index in [1.54, 1.807) is 6.20 Å². The van der Waals surface area contributed by atoms with Crippen molar-refractivity contribution in [2.24, 2.45) is 0 Å². The molecule has 4 nitrogen and oxygen atoms in total. The standard InChI is InChI=1S/C27H34N2O2/c1-17(2)29-13-12-28-26(29)25(31)23(16-20-14-18(3)24(30)19(4)15-20)21-8-10-22(11-9-21)27(5,6)7/h8-15,17,23,30H,16H2,1-7H3/t23-/m0/s1. The summed E-state index contributed by atoms with van der Waals surface area (Å²) in [5, 5.41) is 10.2. The first-order valence-corrected chi connectivity index (χ1v) is 11.0. The van der Waals surface area contributed by atoms with Crippen molar-refractivity contribution in [2.45, 2.75) is 72.3 Å². The summed E-state index contributed by atoms with van der Waals surface area (Å²) in [6.45, 7) is 14.5. The zero-order chi connectivity index (χ0) is 22.9. The number of imidazole rings is 1. The molecule has 1 aromatic heterocycles. The molecule has 4 heteroatoms. The predicted octanol–water partition coefficient (Wildman–Crippen LogP) is 6.29. The van der Waals surface area contributed by atoms with Crippen LogP contribution in [-0.4, -0.2) is 20.4 Å². The molecule has 164 valence electrons. The fourth-order valence-electron chi connectivity index (χ4n) is 4.05. The summed E-state index contributed by atoms with van der Waals surface area (Å²) in [4.78, 5) is 18.1. The van der Waals surface area contributed by atoms with Gasteiger partial charge in [-0.3, -0.25) is 4.79 Å². The third-order valence-electron chi connectivity index (χ3n) is 5.93. The Morgan fingerprint density at radius 1 is 1.06 bits per heavy atom. The Morgan fingerprint density at radius 3 is 2.16 bits per heavy atom. The number of aromatic nitrogens is 2. The smallest absolute Gasteiger partial charge is 0.206 e. The third kappa shape index (κ3) is 4.90. The lowest BCUT2D eigenvalue weighted by Crippen LogP contribution is -2.21. The number of aromatic hydroxyl groups is 1. The topological polar surface area (TPSA) is 55.1 Å². The lowest BCUT2D eigenvalue weighted by atomic mass is 9.83. The second kappa shape index (κ2) is 8.70. The molecule has 0 bridgehead atoms. The normalized spacial score (nSPS) is 12.9. The number of carbonyl (C=O) groups excluding carboxylic acids is 1. The molecular weight excluding hydrogens is 384 g/mol. The maximum atomic E-state index is 13.7. The van der Waals surface area contributed by atoms with Crippen molar-refractivity contribution in [1.29, 1.82) is 0 Å². The van der Waals surface area contributed by atoms with E-state index >= 15 is 0 Å². The van der Waals surface area contributed by atoms with Gasteiger partial charge in [-0.25, -0.2) is 4.98 Å². The molecule has 0 aliphatic carbocycles. The predicted molar refractivity (Wildman–Crippen MR) is 126 cm³/mol. The van der Waals surface area contributed by atoms with E-state index in [0.717, 1.165) is 22.3 Å². The molecule has 0 spiro atoms. The van der Waals surface area contributed by atoms with Gasteiger partial charge >= 0.3 is 0 Å². The summed E-state index contributed by atoms with van der Waals surface area (Å²) in [6, 6.07) is 12.5. The van der Waals surface area contributed by atoms with Crippen molar-refractivity contribution < 1.29 is 9.90 Å². The molecule has 31 heavy (non-hydrogen) atoms. The second-order valence-corrected chi connectivity index (χ2v) is 9.82. The van der Waals surface area contributed by atoms with Crippen LogP contribution >= 0.6 is 0 Å². The van der Waals surface area contributed by atoms with E-state index in [-0.39, 0.29) is 23.2 Å². The molecule has 3 rings (SSSR count). The van der Waals surface area contributed by atoms with Crippen molar-refractivity contribution in [3.63, 3.8) is 0 Å². The van der Waals surface area contributed by atoms with E-state index in [1.165, 1.54) is 5.56 Å². The van der Waals surface area contributed by atoms with Crippen LogP contribution in [0.2, 0.25) is 0 Å². The van der Waals surface area contributed by atoms with Crippen molar-refractivity contribution in [3.8, 4) is 5.75 Å². The Balaban J connectivity index is 2.05. The van der Waals surface area contributed by atoms with E-state index in [0.29, 0.717) is 18.0 Å². The number of ketones is 1. The molecule has 0 fully saturated rings. The van der Waals surface area contributed by atoms with Gasteiger partial charge in [0, 0.05) is 18.4 Å². The molecule has 1 heterocycles. The van der Waals surface area contributed by atoms with Crippen molar-refractivity contribution in [3.05, 3.63) is 82.4 Å². The minimum absolute atomic E-state index is 0.0191. The van der Waals surface area contributed by atoms with Gasteiger partial charge in [-0.2, -0.15) is 0 Å². The number of phenols is 1. The molecule has 0 saturated carbocycles. The molecule has 0 radical (unpaired) electrons. The minimum Gasteiger partial charge on any atom is -0.507 e. The maximum Gasteiger partial charge on any atom is 0.206 e. The van der Waals surface area contributed by atoms with Crippen molar-refractivity contribution in [1.82, 2.24) is 9.55 Å².